The Hall–Kier alpha value is -1.32. The molecule has 0 atom stereocenters. The summed E-state index contributed by atoms with van der Waals surface area (Å²) in [5, 5.41) is 1.91. The molecule has 1 aromatic rings. The summed E-state index contributed by atoms with van der Waals surface area (Å²) in [5.41, 5.74) is -1.04. The van der Waals surface area contributed by atoms with Gasteiger partial charge in [0.1, 0.15) is 0 Å². The Balaban J connectivity index is 1.98. The van der Waals surface area contributed by atoms with E-state index < -0.39 is 32.5 Å². The number of hydrogen-bond acceptors (Lipinski definition) is 4. The van der Waals surface area contributed by atoms with Crippen LogP contribution in [0.1, 0.15) is 5.56 Å². The first kappa shape index (κ1) is 18.0. The molecule has 1 N–H and O–H groups in total. The van der Waals surface area contributed by atoms with Gasteiger partial charge in [-0.1, -0.05) is 11.6 Å². The lowest BCUT2D eigenvalue weighted by atomic mass is 10.2. The SMILES string of the molecule is O=C(CN1CCS(=O)(=O)CC1)Nc1ccc(Cl)c(C(F)(F)F)c1. The zero-order valence-corrected chi connectivity index (χ0v) is 13.4. The van der Waals surface area contributed by atoms with E-state index >= 15 is 0 Å². The summed E-state index contributed by atoms with van der Waals surface area (Å²) in [6, 6.07) is 3.10. The molecule has 0 radical (unpaired) electrons. The van der Waals surface area contributed by atoms with Gasteiger partial charge >= 0.3 is 6.18 Å². The molecule has 0 aromatic heterocycles. The number of alkyl halides is 3. The molecule has 1 saturated heterocycles. The van der Waals surface area contributed by atoms with Gasteiger partial charge in [0.05, 0.1) is 28.6 Å². The van der Waals surface area contributed by atoms with E-state index in [1.54, 1.807) is 4.90 Å². The van der Waals surface area contributed by atoms with Gasteiger partial charge in [0.15, 0.2) is 9.84 Å². The molecule has 5 nitrogen and oxygen atoms in total. The third-order valence-electron chi connectivity index (χ3n) is 3.36. The highest BCUT2D eigenvalue weighted by molar-refractivity contribution is 7.91. The first-order valence-electron chi connectivity index (χ1n) is 6.66. The fraction of sp³-hybridized carbons (Fsp3) is 0.462. The summed E-state index contributed by atoms with van der Waals surface area (Å²) in [6.45, 7) is 0.369. The van der Waals surface area contributed by atoms with Gasteiger partial charge in [-0.25, -0.2) is 8.42 Å². The Labute approximate surface area is 136 Å². The molecule has 0 saturated carbocycles. The number of anilines is 1. The van der Waals surface area contributed by atoms with Crippen molar-refractivity contribution in [3.8, 4) is 0 Å². The summed E-state index contributed by atoms with van der Waals surface area (Å²) in [5.74, 6) is -0.571. The molecule has 1 fully saturated rings. The van der Waals surface area contributed by atoms with Gasteiger partial charge in [-0.3, -0.25) is 9.69 Å². The van der Waals surface area contributed by atoms with Gasteiger partial charge in [0, 0.05) is 18.8 Å². The van der Waals surface area contributed by atoms with Gasteiger partial charge in [0.2, 0.25) is 5.91 Å². The van der Waals surface area contributed by atoms with Crippen LogP contribution >= 0.6 is 11.6 Å². The van der Waals surface area contributed by atoms with Crippen molar-refractivity contribution < 1.29 is 26.4 Å². The van der Waals surface area contributed by atoms with E-state index in [9.17, 15) is 26.4 Å². The molecular weight excluding hydrogens is 357 g/mol. The number of carbonyl (C=O) groups is 1. The lowest BCUT2D eigenvalue weighted by molar-refractivity contribution is -0.137. The lowest BCUT2D eigenvalue weighted by Crippen LogP contribution is -2.43. The zero-order chi connectivity index (χ0) is 17.3. The summed E-state index contributed by atoms with van der Waals surface area (Å²) in [6.07, 6.45) is -4.61. The number of nitrogens with zero attached hydrogens (tertiary/aromatic N) is 1. The van der Waals surface area contributed by atoms with E-state index in [-0.39, 0.29) is 36.8 Å². The smallest absolute Gasteiger partial charge is 0.325 e. The maximum absolute atomic E-state index is 12.7. The molecule has 1 aliphatic rings. The molecule has 1 heterocycles. The number of sulfone groups is 1. The minimum Gasteiger partial charge on any atom is -0.325 e. The van der Waals surface area contributed by atoms with Crippen molar-refractivity contribution in [3.63, 3.8) is 0 Å². The first-order valence-corrected chi connectivity index (χ1v) is 8.86. The van der Waals surface area contributed by atoms with Crippen molar-refractivity contribution in [2.24, 2.45) is 0 Å². The predicted octanol–water partition coefficient (Wildman–Crippen LogP) is 2.03. The van der Waals surface area contributed by atoms with Crippen LogP contribution in [0.3, 0.4) is 0 Å². The van der Waals surface area contributed by atoms with E-state index in [4.69, 9.17) is 11.6 Å². The van der Waals surface area contributed by atoms with Crippen molar-refractivity contribution in [2.45, 2.75) is 6.18 Å². The third kappa shape index (κ3) is 5.08. The molecule has 1 aromatic carbocycles. The number of benzene rings is 1. The average molecular weight is 371 g/mol. The van der Waals surface area contributed by atoms with Crippen molar-refractivity contribution in [2.75, 3.05) is 36.5 Å². The quantitative estimate of drug-likeness (QED) is 0.884. The fourth-order valence-corrected chi connectivity index (χ4v) is 3.63. The number of amides is 1. The van der Waals surface area contributed by atoms with Gasteiger partial charge in [-0.15, -0.1) is 0 Å². The molecule has 0 unspecified atom stereocenters. The minimum atomic E-state index is -4.61. The van der Waals surface area contributed by atoms with Crippen LogP contribution in [0, 0.1) is 0 Å². The molecule has 0 bridgehead atoms. The lowest BCUT2D eigenvalue weighted by Gasteiger charge is -2.25. The standard InChI is InChI=1S/C13H14ClF3N2O3S/c14-11-2-1-9(7-10(11)13(15,16)17)18-12(20)8-19-3-5-23(21,22)6-4-19/h1-2,7H,3-6,8H2,(H,18,20). The van der Waals surface area contributed by atoms with E-state index in [1.807, 2.05) is 0 Å². The van der Waals surface area contributed by atoms with Crippen LogP contribution in [0.5, 0.6) is 0 Å². The Bertz CT molecular complexity index is 693. The highest BCUT2D eigenvalue weighted by atomic mass is 35.5. The highest BCUT2D eigenvalue weighted by Crippen LogP contribution is 2.36. The van der Waals surface area contributed by atoms with Crippen LogP contribution in [-0.4, -0.2) is 50.4 Å². The summed E-state index contributed by atoms with van der Waals surface area (Å²) in [7, 11) is -3.05. The molecule has 2 rings (SSSR count). The molecule has 0 aliphatic carbocycles. The Morgan fingerprint density at radius 3 is 2.43 bits per heavy atom. The zero-order valence-electron chi connectivity index (χ0n) is 11.9. The topological polar surface area (TPSA) is 66.5 Å². The molecule has 0 spiro atoms. The third-order valence-corrected chi connectivity index (χ3v) is 5.30. The maximum atomic E-state index is 12.7. The summed E-state index contributed by atoms with van der Waals surface area (Å²) >= 11 is 5.50. The Morgan fingerprint density at radius 2 is 1.87 bits per heavy atom. The Kier molecular flexibility index (Phi) is 5.22. The van der Waals surface area contributed by atoms with Gasteiger partial charge in [0.25, 0.3) is 0 Å². The van der Waals surface area contributed by atoms with E-state index in [2.05, 4.69) is 5.32 Å². The van der Waals surface area contributed by atoms with E-state index in [0.717, 1.165) is 12.1 Å². The molecule has 23 heavy (non-hydrogen) atoms. The second-order valence-corrected chi connectivity index (χ2v) is 7.88. The summed E-state index contributed by atoms with van der Waals surface area (Å²) < 4.78 is 60.8. The van der Waals surface area contributed by atoms with E-state index in [1.165, 1.54) is 6.07 Å². The monoisotopic (exact) mass is 370 g/mol. The maximum Gasteiger partial charge on any atom is 0.417 e. The second-order valence-electron chi connectivity index (χ2n) is 5.17. The highest BCUT2D eigenvalue weighted by Gasteiger charge is 2.33. The van der Waals surface area contributed by atoms with Crippen LogP contribution in [0.25, 0.3) is 0 Å². The molecular formula is C13H14ClF3N2O3S. The van der Waals surface area contributed by atoms with Crippen molar-refractivity contribution in [1.82, 2.24) is 4.90 Å². The normalized spacial score (nSPS) is 18.6. The number of nitrogens with one attached hydrogen (secondary N) is 1. The van der Waals surface area contributed by atoms with Gasteiger partial charge < -0.3 is 5.32 Å². The largest absolute Gasteiger partial charge is 0.417 e. The Morgan fingerprint density at radius 1 is 1.26 bits per heavy atom. The van der Waals surface area contributed by atoms with Crippen molar-refractivity contribution in [3.05, 3.63) is 28.8 Å². The van der Waals surface area contributed by atoms with Crippen LogP contribution in [0.15, 0.2) is 18.2 Å². The molecule has 1 aliphatic heterocycles. The average Bonchev–Trinajstić information content (AvgIpc) is 2.42. The van der Waals surface area contributed by atoms with Gasteiger partial charge in [-0.2, -0.15) is 13.2 Å². The van der Waals surface area contributed by atoms with Crippen molar-refractivity contribution in [1.29, 1.82) is 0 Å². The summed E-state index contributed by atoms with van der Waals surface area (Å²) in [4.78, 5) is 13.5. The first-order chi connectivity index (χ1) is 10.6. The number of carbonyl (C=O) groups excluding carboxylic acids is 1. The fourth-order valence-electron chi connectivity index (χ4n) is 2.13. The van der Waals surface area contributed by atoms with Crippen molar-refractivity contribution >= 4 is 33.0 Å². The number of hydrogen-bond donors (Lipinski definition) is 1. The molecule has 1 amide bonds. The van der Waals surface area contributed by atoms with Gasteiger partial charge in [-0.05, 0) is 18.2 Å². The number of halogens is 4. The van der Waals surface area contributed by atoms with E-state index in [0.29, 0.717) is 0 Å². The molecule has 10 heteroatoms. The predicted molar refractivity (Wildman–Crippen MR) is 80.2 cm³/mol. The van der Waals surface area contributed by atoms with Crippen LogP contribution in [-0.2, 0) is 20.8 Å². The second kappa shape index (κ2) is 6.66. The van der Waals surface area contributed by atoms with Crippen LogP contribution in [0.4, 0.5) is 18.9 Å². The minimum absolute atomic E-state index is 0.0173. The number of rotatable bonds is 3. The van der Waals surface area contributed by atoms with Crippen LogP contribution in [0.2, 0.25) is 5.02 Å². The van der Waals surface area contributed by atoms with Crippen LogP contribution < -0.4 is 5.32 Å². The molecule has 128 valence electrons.